The van der Waals surface area contributed by atoms with Gasteiger partial charge in [-0.05, 0) is 31.4 Å². The molecule has 2 aromatic carbocycles. The van der Waals surface area contributed by atoms with Crippen molar-refractivity contribution in [2.24, 2.45) is 0 Å². The maximum absolute atomic E-state index is 12.7. The zero-order chi connectivity index (χ0) is 16.6. The minimum Gasteiger partial charge on any atom is -0.507 e. The summed E-state index contributed by atoms with van der Waals surface area (Å²) in [5.74, 6) is -0.550. The Hall–Kier alpha value is -2.68. The molecule has 0 atom stereocenters. The van der Waals surface area contributed by atoms with Crippen molar-refractivity contribution < 1.29 is 14.7 Å². The molecule has 0 saturated carbocycles. The first-order valence-electron chi connectivity index (χ1n) is 7.75. The summed E-state index contributed by atoms with van der Waals surface area (Å²) >= 11 is 0. The highest BCUT2D eigenvalue weighted by Crippen LogP contribution is 2.37. The standard InChI is InChI=1S/C20H18O3/c1-3-4-5-8-13-12(2)11-16-17(19(13)22)20(23)15-10-7-6-9-14(15)18(16)21/h4-7,9-11,22H,3,8H2,1-2H3. The molecule has 0 bridgehead atoms. The van der Waals surface area contributed by atoms with Gasteiger partial charge in [-0.2, -0.15) is 0 Å². The van der Waals surface area contributed by atoms with Crippen LogP contribution in [-0.4, -0.2) is 16.7 Å². The van der Waals surface area contributed by atoms with Crippen LogP contribution >= 0.6 is 0 Å². The quantitative estimate of drug-likeness (QED) is 0.745. The number of fused-ring (bicyclic) bond motifs is 2. The van der Waals surface area contributed by atoms with Crippen LogP contribution in [-0.2, 0) is 6.42 Å². The van der Waals surface area contributed by atoms with Crippen LogP contribution in [0.4, 0.5) is 0 Å². The number of phenols is 1. The van der Waals surface area contributed by atoms with Gasteiger partial charge in [-0.15, -0.1) is 0 Å². The molecule has 0 aliphatic heterocycles. The van der Waals surface area contributed by atoms with Crippen molar-refractivity contribution in [3.8, 4) is 5.75 Å². The third-order valence-corrected chi connectivity index (χ3v) is 4.24. The maximum Gasteiger partial charge on any atom is 0.198 e. The molecule has 1 aliphatic carbocycles. The molecule has 0 fully saturated rings. The summed E-state index contributed by atoms with van der Waals surface area (Å²) in [7, 11) is 0. The molecule has 3 heteroatoms. The zero-order valence-corrected chi connectivity index (χ0v) is 13.2. The van der Waals surface area contributed by atoms with Crippen molar-refractivity contribution in [2.45, 2.75) is 26.7 Å². The van der Waals surface area contributed by atoms with E-state index in [0.29, 0.717) is 28.7 Å². The second-order valence-corrected chi connectivity index (χ2v) is 5.73. The fourth-order valence-corrected chi connectivity index (χ4v) is 3.03. The average Bonchev–Trinajstić information content (AvgIpc) is 2.55. The first-order chi connectivity index (χ1) is 11.1. The molecule has 3 rings (SSSR count). The molecule has 0 unspecified atom stereocenters. The van der Waals surface area contributed by atoms with Gasteiger partial charge in [0, 0.05) is 22.3 Å². The van der Waals surface area contributed by atoms with E-state index in [4.69, 9.17) is 0 Å². The molecule has 0 spiro atoms. The van der Waals surface area contributed by atoms with E-state index in [2.05, 4.69) is 0 Å². The highest BCUT2D eigenvalue weighted by Gasteiger charge is 2.33. The third kappa shape index (κ3) is 2.38. The first-order valence-corrected chi connectivity index (χ1v) is 7.75. The fourth-order valence-electron chi connectivity index (χ4n) is 3.03. The van der Waals surface area contributed by atoms with E-state index in [1.54, 1.807) is 30.3 Å². The molecule has 1 N–H and O–H groups in total. The van der Waals surface area contributed by atoms with Gasteiger partial charge < -0.3 is 5.11 Å². The lowest BCUT2D eigenvalue weighted by Gasteiger charge is -2.21. The Bertz CT molecular complexity index is 844. The molecule has 0 radical (unpaired) electrons. The van der Waals surface area contributed by atoms with Gasteiger partial charge in [-0.1, -0.05) is 43.3 Å². The number of carbonyl (C=O) groups is 2. The van der Waals surface area contributed by atoms with E-state index >= 15 is 0 Å². The van der Waals surface area contributed by atoms with E-state index in [-0.39, 0.29) is 22.9 Å². The van der Waals surface area contributed by atoms with Gasteiger partial charge in [0.1, 0.15) is 5.75 Å². The van der Waals surface area contributed by atoms with Gasteiger partial charge in [-0.25, -0.2) is 0 Å². The van der Waals surface area contributed by atoms with E-state index < -0.39 is 0 Å². The Kier molecular flexibility index (Phi) is 3.87. The second kappa shape index (κ2) is 5.84. The SMILES string of the molecule is CCC=CCc1c(C)cc2c(c1O)C(=O)c1ccccc1C2=O. The first kappa shape index (κ1) is 15.2. The van der Waals surface area contributed by atoms with Crippen molar-refractivity contribution >= 4 is 11.6 Å². The topological polar surface area (TPSA) is 54.4 Å². The Morgan fingerprint density at radius 3 is 2.30 bits per heavy atom. The Morgan fingerprint density at radius 2 is 1.65 bits per heavy atom. The number of aryl methyl sites for hydroxylation is 1. The van der Waals surface area contributed by atoms with E-state index in [1.165, 1.54) is 0 Å². The van der Waals surface area contributed by atoms with Crippen molar-refractivity contribution in [2.75, 3.05) is 0 Å². The van der Waals surface area contributed by atoms with Crippen molar-refractivity contribution in [1.29, 1.82) is 0 Å². The number of ketones is 2. The number of aromatic hydroxyl groups is 1. The minimum absolute atomic E-state index is 0.0615. The summed E-state index contributed by atoms with van der Waals surface area (Å²) in [6, 6.07) is 8.48. The van der Waals surface area contributed by atoms with E-state index in [9.17, 15) is 14.7 Å². The summed E-state index contributed by atoms with van der Waals surface area (Å²) in [5, 5.41) is 10.6. The lowest BCUT2D eigenvalue weighted by atomic mass is 9.81. The third-order valence-electron chi connectivity index (χ3n) is 4.24. The maximum atomic E-state index is 12.7. The number of allylic oxidation sites excluding steroid dienone is 2. The van der Waals surface area contributed by atoms with Gasteiger partial charge in [0.15, 0.2) is 11.6 Å². The summed E-state index contributed by atoms with van der Waals surface area (Å²) in [6.07, 6.45) is 5.44. The van der Waals surface area contributed by atoms with Crippen LogP contribution in [0.1, 0.15) is 56.3 Å². The number of benzene rings is 2. The summed E-state index contributed by atoms with van der Waals surface area (Å²) in [5.41, 5.74) is 2.73. The number of hydrogen-bond donors (Lipinski definition) is 1. The van der Waals surface area contributed by atoms with Crippen LogP contribution in [0.2, 0.25) is 0 Å². The van der Waals surface area contributed by atoms with Gasteiger partial charge in [0.05, 0.1) is 5.56 Å². The predicted octanol–water partition coefficient (Wildman–Crippen LogP) is 3.98. The van der Waals surface area contributed by atoms with E-state index in [1.807, 2.05) is 26.0 Å². The van der Waals surface area contributed by atoms with Crippen molar-refractivity contribution in [3.05, 3.63) is 75.9 Å². The lowest BCUT2D eigenvalue weighted by Crippen LogP contribution is -2.21. The molecule has 0 amide bonds. The molecule has 1 aliphatic rings. The zero-order valence-electron chi connectivity index (χ0n) is 13.2. The highest BCUT2D eigenvalue weighted by molar-refractivity contribution is 6.29. The molecule has 3 nitrogen and oxygen atoms in total. The van der Waals surface area contributed by atoms with Crippen LogP contribution in [0.3, 0.4) is 0 Å². The van der Waals surface area contributed by atoms with Crippen molar-refractivity contribution in [3.63, 3.8) is 0 Å². The molecule has 23 heavy (non-hydrogen) atoms. The second-order valence-electron chi connectivity index (χ2n) is 5.73. The van der Waals surface area contributed by atoms with Gasteiger partial charge >= 0.3 is 0 Å². The van der Waals surface area contributed by atoms with Crippen molar-refractivity contribution in [1.82, 2.24) is 0 Å². The predicted molar refractivity (Wildman–Crippen MR) is 89.3 cm³/mol. The number of hydrogen-bond acceptors (Lipinski definition) is 3. The molecular weight excluding hydrogens is 288 g/mol. The van der Waals surface area contributed by atoms with Gasteiger partial charge in [0.2, 0.25) is 0 Å². The Labute approximate surface area is 135 Å². The largest absolute Gasteiger partial charge is 0.507 e. The van der Waals surface area contributed by atoms with Gasteiger partial charge in [-0.3, -0.25) is 9.59 Å². The van der Waals surface area contributed by atoms with E-state index in [0.717, 1.165) is 12.0 Å². The Balaban J connectivity index is 2.19. The molecule has 116 valence electrons. The number of phenolic OH excluding ortho intramolecular Hbond substituents is 1. The van der Waals surface area contributed by atoms with Crippen LogP contribution in [0.15, 0.2) is 42.5 Å². The molecule has 2 aromatic rings. The highest BCUT2D eigenvalue weighted by atomic mass is 16.3. The average molecular weight is 306 g/mol. The van der Waals surface area contributed by atoms with Crippen LogP contribution in [0.25, 0.3) is 0 Å². The van der Waals surface area contributed by atoms with Gasteiger partial charge in [0.25, 0.3) is 0 Å². The summed E-state index contributed by atoms with van der Waals surface area (Å²) < 4.78 is 0. The number of carbonyl (C=O) groups excluding carboxylic acids is 2. The molecule has 0 heterocycles. The summed E-state index contributed by atoms with van der Waals surface area (Å²) in [4.78, 5) is 25.4. The Morgan fingerprint density at radius 1 is 1.00 bits per heavy atom. The smallest absolute Gasteiger partial charge is 0.198 e. The fraction of sp³-hybridized carbons (Fsp3) is 0.200. The van der Waals surface area contributed by atoms with Crippen LogP contribution < -0.4 is 0 Å². The summed E-state index contributed by atoms with van der Waals surface area (Å²) in [6.45, 7) is 3.89. The molecule has 0 aromatic heterocycles. The number of rotatable bonds is 3. The monoisotopic (exact) mass is 306 g/mol. The normalized spacial score (nSPS) is 13.3. The lowest BCUT2D eigenvalue weighted by molar-refractivity contribution is 0.0976. The molecule has 0 saturated heterocycles. The minimum atomic E-state index is -0.284. The van der Waals surface area contributed by atoms with Crippen LogP contribution in [0, 0.1) is 6.92 Å². The molecular formula is C20H18O3. The van der Waals surface area contributed by atoms with Crippen LogP contribution in [0.5, 0.6) is 5.75 Å².